The number of alkyl carbamates (subject to hydrolysis) is 1. The molecule has 0 heterocycles. The number of nitrogens with one attached hydrogen (secondary N) is 1. The van der Waals surface area contributed by atoms with Crippen LogP contribution in [-0.2, 0) is 9.84 Å². The highest BCUT2D eigenvalue weighted by Gasteiger charge is 2.63. The third-order valence-corrected chi connectivity index (χ3v) is 3.50. The number of hydrogen-bond donors (Lipinski definition) is 1. The largest absolute Gasteiger partial charge is 0.444 e. The van der Waals surface area contributed by atoms with Crippen LogP contribution in [0.5, 0.6) is 0 Å². The molecule has 0 bridgehead atoms. The van der Waals surface area contributed by atoms with Crippen molar-refractivity contribution >= 4 is 6.09 Å². The Morgan fingerprint density at radius 2 is 1.53 bits per heavy atom. The van der Waals surface area contributed by atoms with Crippen LogP contribution in [-0.4, -0.2) is 23.8 Å². The molecule has 0 aliphatic heterocycles. The van der Waals surface area contributed by atoms with Gasteiger partial charge in [-0.1, -0.05) is 27.7 Å². The van der Waals surface area contributed by atoms with E-state index in [0.717, 1.165) is 0 Å². The highest BCUT2D eigenvalue weighted by Crippen LogP contribution is 2.54. The van der Waals surface area contributed by atoms with E-state index in [4.69, 9.17) is 4.74 Å². The Labute approximate surface area is 104 Å². The highest BCUT2D eigenvalue weighted by atomic mass is 16.6. The van der Waals surface area contributed by atoms with Crippen LogP contribution in [0, 0.1) is 10.8 Å². The monoisotopic (exact) mass is 242 g/mol. The van der Waals surface area contributed by atoms with E-state index in [9.17, 15) is 9.90 Å². The number of rotatable bonds is 1. The maximum absolute atomic E-state index is 12.0. The van der Waals surface area contributed by atoms with Crippen LogP contribution in [0.4, 0.5) is 4.79 Å². The number of carbonyl (C=O) groups is 1. The molecule has 99 valence electrons. The van der Waals surface area contributed by atoms with E-state index in [2.05, 4.69) is 5.32 Å². The van der Waals surface area contributed by atoms with Gasteiger partial charge in [-0.15, -0.1) is 0 Å². The van der Waals surface area contributed by atoms with Crippen molar-refractivity contribution in [3.05, 3.63) is 0 Å². The molecule has 0 spiro atoms. The second kappa shape index (κ2) is 3.87. The van der Waals surface area contributed by atoms with Crippen molar-refractivity contribution in [2.75, 3.05) is 0 Å². The van der Waals surface area contributed by atoms with Crippen LogP contribution in [0.2, 0.25) is 0 Å². The van der Waals surface area contributed by atoms with E-state index < -0.39 is 28.6 Å². The van der Waals surface area contributed by atoms with Crippen LogP contribution in [0.1, 0.15) is 48.5 Å². The van der Waals surface area contributed by atoms with Gasteiger partial charge in [0.05, 0.1) is 0 Å². The molecule has 0 atom stereocenters. The van der Waals surface area contributed by atoms with Gasteiger partial charge >= 0.3 is 6.09 Å². The van der Waals surface area contributed by atoms with Crippen molar-refractivity contribution in [2.24, 2.45) is 10.8 Å². The lowest BCUT2D eigenvalue weighted by Crippen LogP contribution is -2.72. The molecule has 1 aliphatic rings. The van der Waals surface area contributed by atoms with Gasteiger partial charge in [0.1, 0.15) is 11.7 Å². The summed E-state index contributed by atoms with van der Waals surface area (Å²) in [5.74, 6) is 0. The number of hydrogen-bond acceptors (Lipinski definition) is 2. The number of ether oxygens (including phenoxy) is 1. The van der Waals surface area contributed by atoms with Crippen LogP contribution in [0.25, 0.3) is 0 Å². The molecular formula is C13H24NO3. The fourth-order valence-electron chi connectivity index (χ4n) is 2.92. The molecule has 17 heavy (non-hydrogen) atoms. The second-order valence-electron chi connectivity index (χ2n) is 7.10. The third-order valence-electron chi connectivity index (χ3n) is 3.50. The normalized spacial score (nSPS) is 30.4. The van der Waals surface area contributed by atoms with Gasteiger partial charge < -0.3 is 10.1 Å². The lowest BCUT2D eigenvalue weighted by Gasteiger charge is -2.60. The van der Waals surface area contributed by atoms with Gasteiger partial charge in [-0.05, 0) is 20.8 Å². The molecule has 1 saturated carbocycles. The Balaban J connectivity index is 2.67. The number of carbonyl (C=O) groups excluding carboxylic acids is 1. The van der Waals surface area contributed by atoms with Crippen molar-refractivity contribution in [1.82, 2.24) is 5.32 Å². The van der Waals surface area contributed by atoms with Crippen LogP contribution in [0.15, 0.2) is 0 Å². The van der Waals surface area contributed by atoms with Crippen molar-refractivity contribution in [2.45, 2.75) is 66.2 Å². The topological polar surface area (TPSA) is 58.2 Å². The molecule has 0 unspecified atom stereocenters. The maximum Gasteiger partial charge on any atom is 0.407 e. The first kappa shape index (κ1) is 14.3. The minimum atomic E-state index is -0.671. The Hall–Kier alpha value is -0.770. The Morgan fingerprint density at radius 1 is 1.12 bits per heavy atom. The molecule has 0 saturated heterocycles. The minimum Gasteiger partial charge on any atom is -0.444 e. The van der Waals surface area contributed by atoms with E-state index in [1.165, 1.54) is 0 Å². The fourth-order valence-corrected chi connectivity index (χ4v) is 2.92. The zero-order chi connectivity index (χ0) is 13.6. The summed E-state index contributed by atoms with van der Waals surface area (Å²) < 4.78 is 5.21. The summed E-state index contributed by atoms with van der Waals surface area (Å²) in [7, 11) is 0. The zero-order valence-electron chi connectivity index (χ0n) is 11.9. The molecule has 1 radical (unpaired) electrons. The van der Waals surface area contributed by atoms with Crippen molar-refractivity contribution < 1.29 is 14.6 Å². The zero-order valence-corrected chi connectivity index (χ0v) is 11.9. The van der Waals surface area contributed by atoms with Crippen molar-refractivity contribution in [3.63, 3.8) is 0 Å². The standard InChI is InChI=1S/C13H24NO3/c1-11(2,3)17-10(16)14-8-12(4,5)9(15)13(8,6)7/h8-9H,1-7H3,(H,14,16). The first-order valence-corrected chi connectivity index (χ1v) is 6.04. The van der Waals surface area contributed by atoms with Gasteiger partial charge in [0.2, 0.25) is 0 Å². The number of amides is 1. The molecule has 1 rings (SSSR count). The lowest BCUT2D eigenvalue weighted by atomic mass is 9.49. The van der Waals surface area contributed by atoms with Gasteiger partial charge in [-0.2, -0.15) is 0 Å². The highest BCUT2D eigenvalue weighted by molar-refractivity contribution is 5.68. The quantitative estimate of drug-likeness (QED) is 0.768. The van der Waals surface area contributed by atoms with E-state index in [1.807, 2.05) is 48.5 Å². The van der Waals surface area contributed by atoms with E-state index >= 15 is 0 Å². The molecule has 4 nitrogen and oxygen atoms in total. The lowest BCUT2D eigenvalue weighted by molar-refractivity contribution is -0.210. The van der Waals surface area contributed by atoms with E-state index in [-0.39, 0.29) is 6.04 Å². The summed E-state index contributed by atoms with van der Waals surface area (Å²) in [5.41, 5.74) is -1.38. The van der Waals surface area contributed by atoms with Crippen molar-refractivity contribution in [1.29, 1.82) is 0 Å². The average molecular weight is 242 g/mol. The van der Waals surface area contributed by atoms with Gasteiger partial charge in [0, 0.05) is 16.9 Å². The smallest absolute Gasteiger partial charge is 0.407 e. The molecule has 0 aromatic carbocycles. The molecule has 0 aromatic rings. The molecule has 1 fully saturated rings. The molecular weight excluding hydrogens is 218 g/mol. The fraction of sp³-hybridized carbons (Fsp3) is 0.923. The van der Waals surface area contributed by atoms with Crippen LogP contribution >= 0.6 is 0 Å². The van der Waals surface area contributed by atoms with Gasteiger partial charge in [0.25, 0.3) is 0 Å². The summed E-state index contributed by atoms with van der Waals surface area (Å²) in [5, 5.41) is 14.8. The third kappa shape index (κ3) is 2.57. The Kier molecular flexibility index (Phi) is 3.25. The minimum absolute atomic E-state index is 0.146. The summed E-state index contributed by atoms with van der Waals surface area (Å²) in [6.45, 7) is 13.0. The Morgan fingerprint density at radius 3 is 1.88 bits per heavy atom. The summed E-state index contributed by atoms with van der Waals surface area (Å²) >= 11 is 0. The van der Waals surface area contributed by atoms with Gasteiger partial charge in [-0.25, -0.2) is 9.90 Å². The molecule has 4 heteroatoms. The van der Waals surface area contributed by atoms with Crippen LogP contribution in [0.3, 0.4) is 0 Å². The molecule has 1 aliphatic carbocycles. The average Bonchev–Trinajstić information content (AvgIpc) is 2.09. The van der Waals surface area contributed by atoms with E-state index in [1.54, 1.807) is 0 Å². The van der Waals surface area contributed by atoms with Crippen LogP contribution < -0.4 is 5.32 Å². The first-order chi connectivity index (χ1) is 7.39. The molecule has 1 N–H and O–H groups in total. The van der Waals surface area contributed by atoms with Gasteiger partial charge in [-0.3, -0.25) is 0 Å². The summed E-state index contributed by atoms with van der Waals surface area (Å²) in [4.78, 5) is 11.7. The SMILES string of the molecule is CC(C)(C)OC(=O)NC1C(C)(C)C([O])C1(C)C. The first-order valence-electron chi connectivity index (χ1n) is 6.04. The predicted octanol–water partition coefficient (Wildman–Crippen LogP) is 2.74. The summed E-state index contributed by atoms with van der Waals surface area (Å²) in [6.07, 6.45) is -1.12. The van der Waals surface area contributed by atoms with Gasteiger partial charge in [0.15, 0.2) is 0 Å². The van der Waals surface area contributed by atoms with Crippen molar-refractivity contribution in [3.8, 4) is 0 Å². The molecule has 0 aromatic heterocycles. The maximum atomic E-state index is 12.0. The van der Waals surface area contributed by atoms with E-state index in [0.29, 0.717) is 0 Å². The summed E-state index contributed by atoms with van der Waals surface area (Å²) in [6, 6.07) is -0.146. The Bertz CT molecular complexity index is 299. The molecule has 1 amide bonds. The predicted molar refractivity (Wildman–Crippen MR) is 65.2 cm³/mol. The second-order valence-corrected chi connectivity index (χ2v) is 7.10.